The fraction of sp³-hybridized carbons (Fsp3) is 0.565. The van der Waals surface area contributed by atoms with Gasteiger partial charge in [-0.25, -0.2) is 9.98 Å². The lowest BCUT2D eigenvalue weighted by Crippen LogP contribution is -2.43. The summed E-state index contributed by atoms with van der Waals surface area (Å²) in [6, 6.07) is 3.80. The van der Waals surface area contributed by atoms with Crippen molar-refractivity contribution in [2.45, 2.75) is 33.2 Å². The summed E-state index contributed by atoms with van der Waals surface area (Å²) in [5.41, 5.74) is 0.974. The first-order chi connectivity index (χ1) is 15.1. The summed E-state index contributed by atoms with van der Waals surface area (Å²) in [5, 5.41) is 6.43. The Morgan fingerprint density at radius 1 is 1.16 bits per heavy atom. The Balaban J connectivity index is 0.00000289. The van der Waals surface area contributed by atoms with Crippen molar-refractivity contribution in [1.29, 1.82) is 0 Å². The van der Waals surface area contributed by atoms with E-state index in [2.05, 4.69) is 39.7 Å². The molecule has 1 aliphatic heterocycles. The summed E-state index contributed by atoms with van der Waals surface area (Å²) in [5.74, 6) is 1.47. The van der Waals surface area contributed by atoms with Crippen molar-refractivity contribution in [2.75, 3.05) is 26.2 Å². The van der Waals surface area contributed by atoms with Crippen LogP contribution in [0.1, 0.15) is 32.3 Å². The van der Waals surface area contributed by atoms with Crippen molar-refractivity contribution < 1.29 is 14.3 Å². The number of amides is 2. The van der Waals surface area contributed by atoms with Gasteiger partial charge >= 0.3 is 0 Å². The van der Waals surface area contributed by atoms with Gasteiger partial charge in [-0.3, -0.25) is 14.5 Å². The molecule has 9 heteroatoms. The lowest BCUT2D eigenvalue weighted by Gasteiger charge is -2.18. The molecule has 2 N–H and O–H groups in total. The number of imide groups is 1. The monoisotopic (exact) mass is 553 g/mol. The fourth-order valence-electron chi connectivity index (χ4n) is 4.78. The lowest BCUT2D eigenvalue weighted by atomic mass is 9.85. The number of ether oxygens (including phenoxy) is 1. The van der Waals surface area contributed by atoms with Crippen LogP contribution in [-0.2, 0) is 16.1 Å². The summed E-state index contributed by atoms with van der Waals surface area (Å²) in [6.07, 6.45) is 7.90. The zero-order valence-electron chi connectivity index (χ0n) is 18.6. The fourth-order valence-corrected chi connectivity index (χ4v) is 4.78. The number of nitrogens with one attached hydrogen (secondary N) is 2. The minimum Gasteiger partial charge on any atom is -0.478 e. The molecule has 2 aliphatic carbocycles. The van der Waals surface area contributed by atoms with Crippen LogP contribution >= 0.6 is 24.0 Å². The van der Waals surface area contributed by atoms with E-state index in [1.807, 2.05) is 19.1 Å². The van der Waals surface area contributed by atoms with Gasteiger partial charge in [-0.1, -0.05) is 25.1 Å². The average molecular weight is 553 g/mol. The van der Waals surface area contributed by atoms with E-state index < -0.39 is 0 Å². The molecular formula is C23H32IN5O3. The lowest BCUT2D eigenvalue weighted by molar-refractivity contribution is -0.140. The van der Waals surface area contributed by atoms with Gasteiger partial charge in [0.25, 0.3) is 0 Å². The summed E-state index contributed by atoms with van der Waals surface area (Å²) >= 11 is 0. The van der Waals surface area contributed by atoms with Crippen molar-refractivity contribution >= 4 is 41.8 Å². The van der Waals surface area contributed by atoms with E-state index in [-0.39, 0.29) is 59.5 Å². The summed E-state index contributed by atoms with van der Waals surface area (Å²) < 4.78 is 5.50. The quantitative estimate of drug-likeness (QED) is 0.160. The number of halogens is 1. The molecule has 8 nitrogen and oxygen atoms in total. The molecule has 1 saturated heterocycles. The Kier molecular flexibility index (Phi) is 8.50. The van der Waals surface area contributed by atoms with Crippen LogP contribution in [0.4, 0.5) is 0 Å². The Hall–Kier alpha value is -2.17. The van der Waals surface area contributed by atoms with E-state index in [1.54, 1.807) is 6.20 Å². The number of hydrogen-bond donors (Lipinski definition) is 2. The van der Waals surface area contributed by atoms with Crippen LogP contribution in [-0.4, -0.2) is 53.9 Å². The second kappa shape index (κ2) is 11.1. The van der Waals surface area contributed by atoms with Crippen LogP contribution in [0.2, 0.25) is 0 Å². The predicted octanol–water partition coefficient (Wildman–Crippen LogP) is 2.35. The maximum atomic E-state index is 12.8. The van der Waals surface area contributed by atoms with Crippen molar-refractivity contribution in [1.82, 2.24) is 20.5 Å². The van der Waals surface area contributed by atoms with Crippen molar-refractivity contribution in [3.8, 4) is 5.88 Å². The van der Waals surface area contributed by atoms with E-state index in [0.717, 1.165) is 18.4 Å². The number of nitrogens with zero attached hydrogens (tertiary/aromatic N) is 3. The molecule has 3 aliphatic rings. The molecule has 0 radical (unpaired) electrons. The van der Waals surface area contributed by atoms with Crippen LogP contribution in [0, 0.1) is 23.7 Å². The third-order valence-electron chi connectivity index (χ3n) is 6.21. The Labute approximate surface area is 206 Å². The second-order valence-electron chi connectivity index (χ2n) is 8.30. The van der Waals surface area contributed by atoms with Crippen LogP contribution in [0.25, 0.3) is 0 Å². The third-order valence-corrected chi connectivity index (χ3v) is 6.21. The predicted molar refractivity (Wildman–Crippen MR) is 133 cm³/mol. The molecule has 1 aromatic heterocycles. The van der Waals surface area contributed by atoms with Gasteiger partial charge in [0.05, 0.1) is 25.0 Å². The first-order valence-corrected chi connectivity index (χ1v) is 11.3. The van der Waals surface area contributed by atoms with E-state index in [1.165, 1.54) is 4.90 Å². The number of fused-ring (bicyclic) bond motifs is 5. The molecule has 32 heavy (non-hydrogen) atoms. The number of likely N-dealkylation sites (tertiary alicyclic amines) is 1. The standard InChI is InChI=1S/C23H31N5O3.HI/c1-3-11-31-18-8-5-15(13-26-18)14-27-23(24-4-2)25-9-10-28-21(29)19-16-6-7-17(12-16)20(19)22(28)30;/h5-8,13,16-17,19-20H,3-4,9-12,14H2,1-2H3,(H2,24,25,27);1H. The SMILES string of the molecule is CCCOc1ccc(CN=C(NCC)NCCN2C(=O)C3C4C=CC(C4)C3C2=O)cn1.I. The highest BCUT2D eigenvalue weighted by Gasteiger charge is 2.58. The molecule has 1 aromatic rings. The summed E-state index contributed by atoms with van der Waals surface area (Å²) in [6.45, 7) is 6.72. The zero-order chi connectivity index (χ0) is 21.8. The normalized spacial score (nSPS) is 25.7. The molecule has 1 saturated carbocycles. The highest BCUT2D eigenvalue weighted by molar-refractivity contribution is 14.0. The molecule has 2 bridgehead atoms. The molecule has 2 heterocycles. The Morgan fingerprint density at radius 2 is 1.88 bits per heavy atom. The Bertz CT molecular complexity index is 843. The molecule has 4 rings (SSSR count). The molecule has 174 valence electrons. The maximum Gasteiger partial charge on any atom is 0.233 e. The number of pyridine rings is 1. The van der Waals surface area contributed by atoms with E-state index in [0.29, 0.717) is 44.6 Å². The molecule has 2 amide bonds. The van der Waals surface area contributed by atoms with Crippen LogP contribution in [0.15, 0.2) is 35.5 Å². The zero-order valence-corrected chi connectivity index (χ0v) is 21.0. The van der Waals surface area contributed by atoms with Gasteiger partial charge < -0.3 is 15.4 Å². The molecular weight excluding hydrogens is 521 g/mol. The van der Waals surface area contributed by atoms with Gasteiger partial charge in [-0.15, -0.1) is 24.0 Å². The molecule has 0 aromatic carbocycles. The first-order valence-electron chi connectivity index (χ1n) is 11.3. The summed E-state index contributed by atoms with van der Waals surface area (Å²) in [4.78, 5) is 35.9. The smallest absolute Gasteiger partial charge is 0.233 e. The van der Waals surface area contributed by atoms with Crippen LogP contribution < -0.4 is 15.4 Å². The number of aromatic nitrogens is 1. The van der Waals surface area contributed by atoms with E-state index in [9.17, 15) is 9.59 Å². The van der Waals surface area contributed by atoms with Gasteiger partial charge in [0.2, 0.25) is 17.7 Å². The number of hydrogen-bond acceptors (Lipinski definition) is 5. The van der Waals surface area contributed by atoms with E-state index in [4.69, 9.17) is 4.74 Å². The second-order valence-corrected chi connectivity index (χ2v) is 8.30. The first kappa shape index (κ1) is 24.5. The number of aliphatic imine (C=N–C) groups is 1. The van der Waals surface area contributed by atoms with Gasteiger partial charge in [0.15, 0.2) is 5.96 Å². The Morgan fingerprint density at radius 3 is 2.47 bits per heavy atom. The van der Waals surface area contributed by atoms with Crippen molar-refractivity contribution in [3.05, 3.63) is 36.0 Å². The number of guanidine groups is 1. The van der Waals surface area contributed by atoms with Crippen LogP contribution in [0.5, 0.6) is 5.88 Å². The number of carbonyl (C=O) groups excluding carboxylic acids is 2. The number of allylic oxidation sites excluding steroid dienone is 2. The van der Waals surface area contributed by atoms with Gasteiger partial charge in [0.1, 0.15) is 0 Å². The van der Waals surface area contributed by atoms with Crippen molar-refractivity contribution in [3.63, 3.8) is 0 Å². The van der Waals surface area contributed by atoms with Gasteiger partial charge in [0, 0.05) is 31.9 Å². The topological polar surface area (TPSA) is 95.9 Å². The summed E-state index contributed by atoms with van der Waals surface area (Å²) in [7, 11) is 0. The largest absolute Gasteiger partial charge is 0.478 e. The maximum absolute atomic E-state index is 12.8. The average Bonchev–Trinajstić information content (AvgIpc) is 3.46. The van der Waals surface area contributed by atoms with Crippen LogP contribution in [0.3, 0.4) is 0 Å². The van der Waals surface area contributed by atoms with Gasteiger partial charge in [-0.2, -0.15) is 0 Å². The third kappa shape index (κ3) is 5.07. The number of rotatable bonds is 9. The minimum absolute atomic E-state index is 0. The molecule has 4 unspecified atom stereocenters. The molecule has 2 fully saturated rings. The molecule has 4 atom stereocenters. The number of carbonyl (C=O) groups is 2. The van der Waals surface area contributed by atoms with Gasteiger partial charge in [-0.05, 0) is 37.2 Å². The van der Waals surface area contributed by atoms with Crippen molar-refractivity contribution in [2.24, 2.45) is 28.7 Å². The highest BCUT2D eigenvalue weighted by atomic mass is 127. The van der Waals surface area contributed by atoms with E-state index >= 15 is 0 Å². The minimum atomic E-state index is -0.138. The molecule has 0 spiro atoms. The highest BCUT2D eigenvalue weighted by Crippen LogP contribution is 2.52.